The highest BCUT2D eigenvalue weighted by atomic mass is 16.2. The third-order valence-electron chi connectivity index (χ3n) is 4.45. The Kier molecular flexibility index (Phi) is 3.99. The van der Waals surface area contributed by atoms with Gasteiger partial charge in [0.15, 0.2) is 0 Å². The molecule has 1 aliphatic carbocycles. The van der Waals surface area contributed by atoms with Crippen molar-refractivity contribution in [3.8, 4) is 0 Å². The van der Waals surface area contributed by atoms with Crippen LogP contribution in [0.3, 0.4) is 0 Å². The lowest BCUT2D eigenvalue weighted by Crippen LogP contribution is -2.57. The average molecular weight is 276 g/mol. The summed E-state index contributed by atoms with van der Waals surface area (Å²) in [6, 6.07) is 1.71. The largest absolute Gasteiger partial charge is 0.397 e. The first-order chi connectivity index (χ1) is 9.35. The van der Waals surface area contributed by atoms with Crippen molar-refractivity contribution in [2.75, 3.05) is 33.4 Å². The number of hydrogen-bond donors (Lipinski definition) is 1. The van der Waals surface area contributed by atoms with Gasteiger partial charge in [0.2, 0.25) is 0 Å². The van der Waals surface area contributed by atoms with Crippen LogP contribution in [0.1, 0.15) is 35.3 Å². The van der Waals surface area contributed by atoms with Crippen molar-refractivity contribution in [1.29, 1.82) is 0 Å². The van der Waals surface area contributed by atoms with E-state index in [1.165, 1.54) is 6.42 Å². The van der Waals surface area contributed by atoms with Crippen LogP contribution in [0.2, 0.25) is 0 Å². The molecule has 1 fully saturated rings. The summed E-state index contributed by atoms with van der Waals surface area (Å²) < 4.78 is 0. The molecule has 2 N–H and O–H groups in total. The molecule has 1 saturated carbocycles. The second-order valence-corrected chi connectivity index (χ2v) is 6.04. The number of carbonyl (C=O) groups excluding carboxylic acids is 1. The minimum atomic E-state index is -0.00424. The quantitative estimate of drug-likeness (QED) is 0.906. The van der Waals surface area contributed by atoms with Gasteiger partial charge in [-0.1, -0.05) is 0 Å². The third-order valence-corrected chi connectivity index (χ3v) is 4.45. The first kappa shape index (κ1) is 14.8. The van der Waals surface area contributed by atoms with Crippen molar-refractivity contribution in [1.82, 2.24) is 14.8 Å². The van der Waals surface area contributed by atoms with Crippen LogP contribution in [-0.4, -0.2) is 53.9 Å². The van der Waals surface area contributed by atoms with E-state index in [-0.39, 0.29) is 11.4 Å². The van der Waals surface area contributed by atoms with E-state index in [0.29, 0.717) is 11.3 Å². The zero-order chi connectivity index (χ0) is 14.9. The summed E-state index contributed by atoms with van der Waals surface area (Å²) >= 11 is 0. The summed E-state index contributed by atoms with van der Waals surface area (Å²) in [5, 5.41) is 0. The number of pyridine rings is 1. The SMILES string of the molecule is Cc1ncc(N)cc1C(=O)N(C)CC1(N(C)C)CCC1. The van der Waals surface area contributed by atoms with E-state index in [0.717, 1.165) is 25.1 Å². The van der Waals surface area contributed by atoms with E-state index < -0.39 is 0 Å². The maximum atomic E-state index is 12.6. The van der Waals surface area contributed by atoms with Gasteiger partial charge in [-0.05, 0) is 46.3 Å². The fourth-order valence-corrected chi connectivity index (χ4v) is 2.82. The number of nitrogens with two attached hydrogens (primary N) is 1. The number of amides is 1. The Hall–Kier alpha value is -1.62. The highest BCUT2D eigenvalue weighted by Gasteiger charge is 2.40. The Morgan fingerprint density at radius 1 is 1.40 bits per heavy atom. The molecular formula is C15H24N4O. The number of aryl methyl sites for hydroxylation is 1. The molecule has 0 bridgehead atoms. The van der Waals surface area contributed by atoms with Crippen LogP contribution >= 0.6 is 0 Å². The second-order valence-electron chi connectivity index (χ2n) is 6.04. The lowest BCUT2D eigenvalue weighted by atomic mass is 9.75. The smallest absolute Gasteiger partial charge is 0.255 e. The molecule has 1 heterocycles. The molecule has 1 aliphatic rings. The van der Waals surface area contributed by atoms with Gasteiger partial charge in [0.25, 0.3) is 5.91 Å². The molecular weight excluding hydrogens is 252 g/mol. The summed E-state index contributed by atoms with van der Waals surface area (Å²) in [5.74, 6) is -0.00424. The van der Waals surface area contributed by atoms with Crippen LogP contribution in [0.5, 0.6) is 0 Å². The number of aromatic nitrogens is 1. The second kappa shape index (κ2) is 5.40. The lowest BCUT2D eigenvalue weighted by Gasteiger charge is -2.49. The summed E-state index contributed by atoms with van der Waals surface area (Å²) in [6.07, 6.45) is 5.11. The molecule has 0 radical (unpaired) electrons. The van der Waals surface area contributed by atoms with Gasteiger partial charge in [-0.2, -0.15) is 0 Å². The van der Waals surface area contributed by atoms with Crippen LogP contribution in [0.4, 0.5) is 5.69 Å². The van der Waals surface area contributed by atoms with E-state index in [4.69, 9.17) is 5.73 Å². The summed E-state index contributed by atoms with van der Waals surface area (Å²) in [7, 11) is 6.03. The van der Waals surface area contributed by atoms with E-state index in [2.05, 4.69) is 24.0 Å². The van der Waals surface area contributed by atoms with Crippen LogP contribution in [-0.2, 0) is 0 Å². The van der Waals surface area contributed by atoms with Gasteiger partial charge in [0, 0.05) is 19.1 Å². The van der Waals surface area contributed by atoms with Crippen molar-refractivity contribution < 1.29 is 4.79 Å². The number of likely N-dealkylation sites (N-methyl/N-ethyl adjacent to an activating group) is 2. The molecule has 0 saturated heterocycles. The van der Waals surface area contributed by atoms with Gasteiger partial charge in [0.1, 0.15) is 0 Å². The Bertz CT molecular complexity index is 509. The van der Waals surface area contributed by atoms with Crippen molar-refractivity contribution in [3.05, 3.63) is 23.5 Å². The fraction of sp³-hybridized carbons (Fsp3) is 0.600. The minimum Gasteiger partial charge on any atom is -0.397 e. The Balaban J connectivity index is 2.14. The van der Waals surface area contributed by atoms with E-state index >= 15 is 0 Å². The number of anilines is 1. The maximum absolute atomic E-state index is 12.6. The van der Waals surface area contributed by atoms with Gasteiger partial charge in [0.05, 0.1) is 23.1 Å². The molecule has 0 aliphatic heterocycles. The molecule has 110 valence electrons. The van der Waals surface area contributed by atoms with E-state index in [1.54, 1.807) is 17.2 Å². The number of carbonyl (C=O) groups is 1. The summed E-state index contributed by atoms with van der Waals surface area (Å²) in [6.45, 7) is 2.58. The Morgan fingerprint density at radius 2 is 2.05 bits per heavy atom. The maximum Gasteiger partial charge on any atom is 0.255 e. The summed E-state index contributed by atoms with van der Waals surface area (Å²) in [5.41, 5.74) is 7.72. The molecule has 5 nitrogen and oxygen atoms in total. The number of nitrogens with zero attached hydrogens (tertiary/aromatic N) is 3. The third kappa shape index (κ3) is 2.63. The molecule has 2 rings (SSSR count). The molecule has 0 aromatic carbocycles. The topological polar surface area (TPSA) is 62.5 Å². The fourth-order valence-electron chi connectivity index (χ4n) is 2.82. The van der Waals surface area contributed by atoms with Crippen LogP contribution in [0.15, 0.2) is 12.3 Å². The monoisotopic (exact) mass is 276 g/mol. The highest BCUT2D eigenvalue weighted by Crippen LogP contribution is 2.36. The zero-order valence-corrected chi connectivity index (χ0v) is 12.8. The molecule has 1 aromatic heterocycles. The van der Waals surface area contributed by atoms with Crippen molar-refractivity contribution in [2.24, 2.45) is 0 Å². The van der Waals surface area contributed by atoms with Crippen LogP contribution < -0.4 is 5.73 Å². The van der Waals surface area contributed by atoms with E-state index in [9.17, 15) is 4.79 Å². The molecule has 1 amide bonds. The van der Waals surface area contributed by atoms with Gasteiger partial charge >= 0.3 is 0 Å². The molecule has 1 aromatic rings. The van der Waals surface area contributed by atoms with Crippen LogP contribution in [0.25, 0.3) is 0 Å². The molecule has 0 atom stereocenters. The molecule has 5 heteroatoms. The van der Waals surface area contributed by atoms with Crippen molar-refractivity contribution in [3.63, 3.8) is 0 Å². The van der Waals surface area contributed by atoms with Gasteiger partial charge < -0.3 is 15.5 Å². The standard InChI is InChI=1S/C15H24N4O/c1-11-13(8-12(16)9-17-11)14(20)19(4)10-15(18(2)3)6-5-7-15/h8-9H,5-7,10,16H2,1-4H3. The Morgan fingerprint density at radius 3 is 2.55 bits per heavy atom. The number of rotatable bonds is 4. The van der Waals surface area contributed by atoms with Crippen LogP contribution in [0, 0.1) is 6.92 Å². The normalized spacial score (nSPS) is 16.9. The molecule has 20 heavy (non-hydrogen) atoms. The van der Waals surface area contributed by atoms with Gasteiger partial charge in [-0.3, -0.25) is 9.78 Å². The molecule has 0 spiro atoms. The highest BCUT2D eigenvalue weighted by molar-refractivity contribution is 5.95. The predicted octanol–water partition coefficient (Wildman–Crippen LogP) is 1.53. The predicted molar refractivity (Wildman–Crippen MR) is 80.6 cm³/mol. The summed E-state index contributed by atoms with van der Waals surface area (Å²) in [4.78, 5) is 20.8. The first-order valence-corrected chi connectivity index (χ1v) is 7.01. The van der Waals surface area contributed by atoms with Crippen molar-refractivity contribution in [2.45, 2.75) is 31.7 Å². The van der Waals surface area contributed by atoms with Gasteiger partial charge in [-0.25, -0.2) is 0 Å². The first-order valence-electron chi connectivity index (χ1n) is 7.01. The minimum absolute atomic E-state index is 0.00424. The zero-order valence-electron chi connectivity index (χ0n) is 12.8. The van der Waals surface area contributed by atoms with Gasteiger partial charge in [-0.15, -0.1) is 0 Å². The lowest BCUT2D eigenvalue weighted by molar-refractivity contribution is 0.0252. The molecule has 0 unspecified atom stereocenters. The number of hydrogen-bond acceptors (Lipinski definition) is 4. The van der Waals surface area contributed by atoms with E-state index in [1.807, 2.05) is 14.0 Å². The average Bonchev–Trinajstić information content (AvgIpc) is 2.35. The Labute approximate surface area is 120 Å². The number of nitrogen functional groups attached to an aromatic ring is 1. The van der Waals surface area contributed by atoms with Crippen molar-refractivity contribution >= 4 is 11.6 Å².